The summed E-state index contributed by atoms with van der Waals surface area (Å²) in [5.41, 5.74) is 7.25. The number of sulfonamides is 1. The first kappa shape index (κ1) is 20.7. The molecule has 0 radical (unpaired) electrons. The highest BCUT2D eigenvalue weighted by molar-refractivity contribution is 7.89. The number of nitrogens with zero attached hydrogens (tertiary/aromatic N) is 4. The molecule has 10 heteroatoms. The highest BCUT2D eigenvalue weighted by atomic mass is 32.2. The average molecular weight is 470 g/mol. The molecular weight excluding hydrogens is 449 g/mol. The van der Waals surface area contributed by atoms with Crippen molar-refractivity contribution in [2.75, 3.05) is 12.8 Å². The Morgan fingerprint density at radius 3 is 2.56 bits per heavy atom. The summed E-state index contributed by atoms with van der Waals surface area (Å²) in [7, 11) is -2.35. The second kappa shape index (κ2) is 7.14. The molecule has 0 saturated carbocycles. The molecule has 4 aromatic rings. The zero-order valence-electron chi connectivity index (χ0n) is 17.4. The SMILES string of the molecule is CN1C(N)=NC(C)(c2sc3c(-c4ccc(-n5cccn5)cc4)cccc3c2F)CS1(=O)=O. The van der Waals surface area contributed by atoms with Gasteiger partial charge in [-0.05, 0) is 36.2 Å². The molecule has 7 nitrogen and oxygen atoms in total. The highest BCUT2D eigenvalue weighted by Gasteiger charge is 2.43. The Balaban J connectivity index is 1.64. The van der Waals surface area contributed by atoms with E-state index in [1.165, 1.54) is 18.4 Å². The van der Waals surface area contributed by atoms with Crippen LogP contribution < -0.4 is 5.73 Å². The molecule has 1 atom stereocenters. The Hall–Kier alpha value is -3.24. The van der Waals surface area contributed by atoms with Crippen LogP contribution in [0.15, 0.2) is 65.9 Å². The van der Waals surface area contributed by atoms with E-state index in [0.717, 1.165) is 25.8 Å². The Morgan fingerprint density at radius 2 is 1.91 bits per heavy atom. The maximum atomic E-state index is 15.6. The fourth-order valence-corrected chi connectivity index (χ4v) is 6.78. The molecule has 1 aliphatic heterocycles. The lowest BCUT2D eigenvalue weighted by Gasteiger charge is -2.33. The summed E-state index contributed by atoms with van der Waals surface area (Å²) >= 11 is 1.22. The van der Waals surface area contributed by atoms with Gasteiger partial charge in [-0.1, -0.05) is 30.3 Å². The number of aliphatic imine (C=N–C) groups is 1. The predicted octanol–water partition coefficient (Wildman–Crippen LogP) is 3.70. The minimum absolute atomic E-state index is 0.148. The van der Waals surface area contributed by atoms with Gasteiger partial charge in [-0.3, -0.25) is 0 Å². The maximum Gasteiger partial charge on any atom is 0.239 e. The molecule has 2 aromatic heterocycles. The van der Waals surface area contributed by atoms with Gasteiger partial charge in [0.15, 0.2) is 0 Å². The maximum absolute atomic E-state index is 15.6. The van der Waals surface area contributed by atoms with E-state index in [1.54, 1.807) is 29.9 Å². The summed E-state index contributed by atoms with van der Waals surface area (Å²) in [5.74, 6) is -0.960. The van der Waals surface area contributed by atoms with Gasteiger partial charge in [0.1, 0.15) is 11.4 Å². The number of fused-ring (bicyclic) bond motifs is 1. The normalized spacial score (nSPS) is 20.5. The minimum Gasteiger partial charge on any atom is -0.369 e. The first-order chi connectivity index (χ1) is 15.2. The second-order valence-electron chi connectivity index (χ2n) is 7.89. The van der Waals surface area contributed by atoms with E-state index in [0.29, 0.717) is 5.39 Å². The predicted molar refractivity (Wildman–Crippen MR) is 125 cm³/mol. The molecule has 0 saturated heterocycles. The van der Waals surface area contributed by atoms with Crippen molar-refractivity contribution in [2.45, 2.75) is 12.5 Å². The van der Waals surface area contributed by atoms with Crippen molar-refractivity contribution in [3.8, 4) is 16.8 Å². The van der Waals surface area contributed by atoms with Crippen LogP contribution in [-0.4, -0.2) is 41.3 Å². The zero-order valence-corrected chi connectivity index (χ0v) is 19.0. The molecule has 0 aliphatic carbocycles. The van der Waals surface area contributed by atoms with Gasteiger partial charge in [0.05, 0.1) is 16.3 Å². The molecule has 32 heavy (non-hydrogen) atoms. The summed E-state index contributed by atoms with van der Waals surface area (Å²) in [4.78, 5) is 4.62. The van der Waals surface area contributed by atoms with E-state index in [9.17, 15) is 8.42 Å². The summed E-state index contributed by atoms with van der Waals surface area (Å²) in [5, 5.41) is 4.67. The number of benzene rings is 2. The van der Waals surface area contributed by atoms with Gasteiger partial charge in [-0.2, -0.15) is 5.10 Å². The van der Waals surface area contributed by atoms with Crippen molar-refractivity contribution in [3.05, 3.63) is 71.6 Å². The number of guanidine groups is 1. The molecule has 2 aromatic carbocycles. The van der Waals surface area contributed by atoms with Crippen LogP contribution >= 0.6 is 11.3 Å². The quantitative estimate of drug-likeness (QED) is 0.495. The van der Waals surface area contributed by atoms with E-state index in [1.807, 2.05) is 42.6 Å². The van der Waals surface area contributed by atoms with Crippen molar-refractivity contribution in [3.63, 3.8) is 0 Å². The fraction of sp³-hybridized carbons (Fsp3) is 0.182. The average Bonchev–Trinajstić information content (AvgIpc) is 3.41. The molecule has 1 aliphatic rings. The molecule has 0 fully saturated rings. The number of thiophene rings is 1. The van der Waals surface area contributed by atoms with Crippen LogP contribution in [0.3, 0.4) is 0 Å². The standard InChI is InChI=1S/C22H20FN5O2S2/c1-22(13-32(29,30)27(2)21(24)26-22)20-18(23)17-6-3-5-16(19(17)31-20)14-7-9-15(10-8-14)28-12-4-11-25-28/h3-12H,13H2,1-2H3,(H2,24,26). The van der Waals surface area contributed by atoms with Crippen LogP contribution in [0, 0.1) is 5.82 Å². The number of hydrogen-bond acceptors (Lipinski definition) is 6. The van der Waals surface area contributed by atoms with Gasteiger partial charge >= 0.3 is 0 Å². The monoisotopic (exact) mass is 469 g/mol. The largest absolute Gasteiger partial charge is 0.369 e. The van der Waals surface area contributed by atoms with Crippen molar-refractivity contribution < 1.29 is 12.8 Å². The van der Waals surface area contributed by atoms with Gasteiger partial charge in [-0.15, -0.1) is 11.3 Å². The van der Waals surface area contributed by atoms with Crippen LogP contribution in [-0.2, 0) is 15.6 Å². The van der Waals surface area contributed by atoms with Crippen LogP contribution in [0.4, 0.5) is 4.39 Å². The van der Waals surface area contributed by atoms with Crippen molar-refractivity contribution in [2.24, 2.45) is 10.7 Å². The van der Waals surface area contributed by atoms with Gasteiger partial charge in [-0.25, -0.2) is 26.8 Å². The summed E-state index contributed by atoms with van der Waals surface area (Å²) in [6.45, 7) is 1.61. The lowest BCUT2D eigenvalue weighted by Crippen LogP contribution is -2.50. The van der Waals surface area contributed by atoms with Gasteiger partial charge < -0.3 is 5.73 Å². The Kier molecular flexibility index (Phi) is 4.61. The summed E-state index contributed by atoms with van der Waals surface area (Å²) < 4.78 is 44.1. The summed E-state index contributed by atoms with van der Waals surface area (Å²) in [6, 6.07) is 15.1. The first-order valence-electron chi connectivity index (χ1n) is 9.83. The van der Waals surface area contributed by atoms with Crippen LogP contribution in [0.25, 0.3) is 26.9 Å². The number of hydrogen-bond donors (Lipinski definition) is 1. The van der Waals surface area contributed by atoms with Crippen LogP contribution in [0.2, 0.25) is 0 Å². The van der Waals surface area contributed by atoms with E-state index in [4.69, 9.17) is 5.73 Å². The lowest BCUT2D eigenvalue weighted by atomic mass is 10.0. The van der Waals surface area contributed by atoms with Crippen molar-refractivity contribution in [1.82, 2.24) is 14.1 Å². The third-order valence-corrected chi connectivity index (χ3v) is 9.07. The highest BCUT2D eigenvalue weighted by Crippen LogP contribution is 2.44. The Bertz CT molecular complexity index is 1460. The van der Waals surface area contributed by atoms with Gasteiger partial charge in [0, 0.05) is 29.5 Å². The molecule has 164 valence electrons. The van der Waals surface area contributed by atoms with E-state index < -0.39 is 21.4 Å². The van der Waals surface area contributed by atoms with Gasteiger partial charge in [0.2, 0.25) is 16.0 Å². The molecule has 0 spiro atoms. The second-order valence-corrected chi connectivity index (χ2v) is 10.9. The number of aromatic nitrogens is 2. The van der Waals surface area contributed by atoms with Crippen LogP contribution in [0.5, 0.6) is 0 Å². The van der Waals surface area contributed by atoms with E-state index in [-0.39, 0.29) is 16.6 Å². The third kappa shape index (κ3) is 3.18. The van der Waals surface area contributed by atoms with E-state index in [2.05, 4.69) is 10.1 Å². The van der Waals surface area contributed by atoms with Gasteiger partial charge in [0.25, 0.3) is 0 Å². The molecule has 5 rings (SSSR count). The number of nitrogens with two attached hydrogens (primary N) is 1. The fourth-order valence-electron chi connectivity index (χ4n) is 3.94. The lowest BCUT2D eigenvalue weighted by molar-refractivity contribution is 0.467. The smallest absolute Gasteiger partial charge is 0.239 e. The Labute approximate surface area is 188 Å². The molecule has 2 N–H and O–H groups in total. The molecule has 3 heterocycles. The van der Waals surface area contributed by atoms with Crippen LogP contribution in [0.1, 0.15) is 11.8 Å². The summed E-state index contributed by atoms with van der Waals surface area (Å²) in [6.07, 6.45) is 3.57. The zero-order chi connectivity index (χ0) is 22.7. The molecule has 0 amide bonds. The molecule has 1 unspecified atom stereocenters. The number of rotatable bonds is 3. The molecule has 0 bridgehead atoms. The topological polar surface area (TPSA) is 93.6 Å². The van der Waals surface area contributed by atoms with Crippen molar-refractivity contribution in [1.29, 1.82) is 0 Å². The first-order valence-corrected chi connectivity index (χ1v) is 12.3. The van der Waals surface area contributed by atoms with Crippen molar-refractivity contribution >= 4 is 37.4 Å². The Morgan fingerprint density at radius 1 is 1.16 bits per heavy atom. The number of halogens is 1. The third-order valence-electron chi connectivity index (χ3n) is 5.66. The van der Waals surface area contributed by atoms with E-state index >= 15 is 4.39 Å². The minimum atomic E-state index is -3.70. The molecular formula is C22H20FN5O2S2.